The number of hydrogen-bond donors (Lipinski definition) is 0. The van der Waals surface area contributed by atoms with Crippen LogP contribution in [-0.4, -0.2) is 24.5 Å². The first-order valence-corrected chi connectivity index (χ1v) is 6.93. The quantitative estimate of drug-likeness (QED) is 0.738. The molecule has 0 amide bonds. The van der Waals surface area contributed by atoms with Gasteiger partial charge < -0.3 is 9.47 Å². The van der Waals surface area contributed by atoms with Crippen molar-refractivity contribution in [3.05, 3.63) is 30.1 Å². The number of pyridine rings is 1. The van der Waals surface area contributed by atoms with Crippen molar-refractivity contribution in [1.29, 1.82) is 5.26 Å². The molecule has 2 heterocycles. The number of hydrogen-bond acceptors (Lipinski definition) is 4. The van der Waals surface area contributed by atoms with Gasteiger partial charge in [-0.25, -0.2) is 0 Å². The molecule has 1 aliphatic heterocycles. The van der Waals surface area contributed by atoms with Crippen molar-refractivity contribution in [1.82, 2.24) is 4.98 Å². The first-order chi connectivity index (χ1) is 9.40. The second-order valence-electron chi connectivity index (χ2n) is 4.78. The lowest BCUT2D eigenvalue weighted by molar-refractivity contribution is -0.162. The number of aromatic nitrogens is 1. The molecule has 1 aromatic rings. The van der Waals surface area contributed by atoms with Crippen molar-refractivity contribution in [3.8, 4) is 6.07 Å². The largest absolute Gasteiger partial charge is 0.353 e. The average Bonchev–Trinajstić information content (AvgIpc) is 2.49. The molecule has 4 nitrogen and oxygen atoms in total. The topological polar surface area (TPSA) is 55.1 Å². The standard InChI is InChI=1S/C15H20N2O2/c16-11-13(14-5-3-8-17-12-14)6-4-10-19-15-7-1-2-9-18-15/h3,5,8,12-13,15H,1-2,4,6-7,9-10H2/t13-,15-/m1/s1. The maximum atomic E-state index is 9.18. The number of nitrogens with zero attached hydrogens (tertiary/aromatic N) is 2. The fraction of sp³-hybridized carbons (Fsp3) is 0.600. The summed E-state index contributed by atoms with van der Waals surface area (Å²) in [7, 11) is 0. The van der Waals surface area contributed by atoms with Crippen LogP contribution in [0.25, 0.3) is 0 Å². The van der Waals surface area contributed by atoms with Crippen LogP contribution in [0.3, 0.4) is 0 Å². The van der Waals surface area contributed by atoms with Gasteiger partial charge in [0, 0.05) is 25.6 Å². The summed E-state index contributed by atoms with van der Waals surface area (Å²) in [6, 6.07) is 6.15. The zero-order valence-electron chi connectivity index (χ0n) is 11.1. The Morgan fingerprint density at radius 3 is 3.16 bits per heavy atom. The third-order valence-corrected chi connectivity index (χ3v) is 3.32. The third kappa shape index (κ3) is 4.62. The normalized spacial score (nSPS) is 20.7. The van der Waals surface area contributed by atoms with Gasteiger partial charge in [-0.3, -0.25) is 4.98 Å². The van der Waals surface area contributed by atoms with Gasteiger partial charge in [-0.05, 0) is 43.7 Å². The summed E-state index contributed by atoms with van der Waals surface area (Å²) in [5.74, 6) is -0.0930. The molecule has 1 saturated heterocycles. The fourth-order valence-electron chi connectivity index (χ4n) is 2.23. The van der Waals surface area contributed by atoms with Gasteiger partial charge in [0.25, 0.3) is 0 Å². The smallest absolute Gasteiger partial charge is 0.157 e. The van der Waals surface area contributed by atoms with E-state index in [1.165, 1.54) is 6.42 Å². The van der Waals surface area contributed by atoms with Crippen LogP contribution in [0.5, 0.6) is 0 Å². The predicted molar refractivity (Wildman–Crippen MR) is 71.4 cm³/mol. The van der Waals surface area contributed by atoms with E-state index in [-0.39, 0.29) is 12.2 Å². The van der Waals surface area contributed by atoms with E-state index in [4.69, 9.17) is 9.47 Å². The Hall–Kier alpha value is -1.44. The van der Waals surface area contributed by atoms with Crippen LogP contribution in [0.2, 0.25) is 0 Å². The van der Waals surface area contributed by atoms with E-state index in [0.717, 1.165) is 37.9 Å². The van der Waals surface area contributed by atoms with Crippen molar-refractivity contribution in [2.24, 2.45) is 0 Å². The van der Waals surface area contributed by atoms with E-state index >= 15 is 0 Å². The van der Waals surface area contributed by atoms with Crippen molar-refractivity contribution < 1.29 is 9.47 Å². The van der Waals surface area contributed by atoms with Crippen LogP contribution in [-0.2, 0) is 9.47 Å². The van der Waals surface area contributed by atoms with Crippen LogP contribution >= 0.6 is 0 Å². The summed E-state index contributed by atoms with van der Waals surface area (Å²) < 4.78 is 11.2. The zero-order valence-corrected chi connectivity index (χ0v) is 11.1. The minimum absolute atomic E-state index is 0.0346. The Bertz CT molecular complexity index is 396. The molecule has 2 rings (SSSR count). The van der Waals surface area contributed by atoms with E-state index in [2.05, 4.69) is 11.1 Å². The lowest BCUT2D eigenvalue weighted by Gasteiger charge is -2.22. The Morgan fingerprint density at radius 1 is 1.53 bits per heavy atom. The van der Waals surface area contributed by atoms with Crippen molar-refractivity contribution in [2.45, 2.75) is 44.3 Å². The molecule has 102 valence electrons. The van der Waals surface area contributed by atoms with E-state index in [0.29, 0.717) is 6.61 Å². The molecule has 0 radical (unpaired) electrons. The molecule has 1 aromatic heterocycles. The first-order valence-electron chi connectivity index (χ1n) is 6.93. The summed E-state index contributed by atoms with van der Waals surface area (Å²) in [4.78, 5) is 4.05. The van der Waals surface area contributed by atoms with Crippen molar-refractivity contribution in [2.75, 3.05) is 13.2 Å². The van der Waals surface area contributed by atoms with Crippen molar-refractivity contribution >= 4 is 0 Å². The predicted octanol–water partition coefficient (Wildman–Crippen LogP) is 3.01. The van der Waals surface area contributed by atoms with Gasteiger partial charge in [-0.2, -0.15) is 5.26 Å². The summed E-state index contributed by atoms with van der Waals surface area (Å²) in [6.07, 6.45) is 8.43. The highest BCUT2D eigenvalue weighted by atomic mass is 16.7. The van der Waals surface area contributed by atoms with Gasteiger partial charge in [-0.15, -0.1) is 0 Å². The molecule has 4 heteroatoms. The summed E-state index contributed by atoms with van der Waals surface area (Å²) >= 11 is 0. The molecule has 0 N–H and O–H groups in total. The number of nitriles is 1. The van der Waals surface area contributed by atoms with Crippen LogP contribution in [0.4, 0.5) is 0 Å². The van der Waals surface area contributed by atoms with Crippen molar-refractivity contribution in [3.63, 3.8) is 0 Å². The van der Waals surface area contributed by atoms with Gasteiger partial charge in [-0.1, -0.05) is 6.07 Å². The fourth-order valence-corrected chi connectivity index (χ4v) is 2.23. The Morgan fingerprint density at radius 2 is 2.47 bits per heavy atom. The highest BCUT2D eigenvalue weighted by Gasteiger charge is 2.14. The maximum Gasteiger partial charge on any atom is 0.157 e. The molecule has 2 atom stereocenters. The zero-order chi connectivity index (χ0) is 13.3. The molecule has 0 aromatic carbocycles. The Balaban J connectivity index is 1.68. The Labute approximate surface area is 114 Å². The van der Waals surface area contributed by atoms with E-state index in [1.807, 2.05) is 12.1 Å². The average molecular weight is 260 g/mol. The van der Waals surface area contributed by atoms with Gasteiger partial charge in [0.1, 0.15) is 0 Å². The van der Waals surface area contributed by atoms with Gasteiger partial charge in [0.15, 0.2) is 6.29 Å². The van der Waals surface area contributed by atoms with Crippen LogP contribution in [0.1, 0.15) is 43.6 Å². The molecule has 0 aliphatic carbocycles. The summed E-state index contributed by atoms with van der Waals surface area (Å²) in [5.41, 5.74) is 0.985. The minimum Gasteiger partial charge on any atom is -0.353 e. The van der Waals surface area contributed by atoms with E-state index in [1.54, 1.807) is 12.4 Å². The molecular weight excluding hydrogens is 240 g/mol. The minimum atomic E-state index is -0.0930. The molecule has 0 spiro atoms. The van der Waals surface area contributed by atoms with E-state index < -0.39 is 0 Å². The Kier molecular flexibility index (Phi) is 5.80. The van der Waals surface area contributed by atoms with Crippen LogP contribution in [0, 0.1) is 11.3 Å². The summed E-state index contributed by atoms with van der Waals surface area (Å²) in [6.45, 7) is 1.46. The molecular formula is C15H20N2O2. The second kappa shape index (κ2) is 7.88. The molecule has 0 bridgehead atoms. The van der Waals surface area contributed by atoms with Gasteiger partial charge >= 0.3 is 0 Å². The highest BCUT2D eigenvalue weighted by molar-refractivity contribution is 5.20. The molecule has 1 fully saturated rings. The SMILES string of the molecule is N#C[C@@H](CCCO[C@@H]1CCCCO1)c1cccnc1. The van der Waals surface area contributed by atoms with E-state index in [9.17, 15) is 5.26 Å². The summed E-state index contributed by atoms with van der Waals surface area (Å²) in [5, 5.41) is 9.18. The van der Waals surface area contributed by atoms with Gasteiger partial charge in [0.05, 0.1) is 12.0 Å². The number of ether oxygens (including phenoxy) is 2. The van der Waals surface area contributed by atoms with Crippen LogP contribution in [0.15, 0.2) is 24.5 Å². The van der Waals surface area contributed by atoms with Crippen LogP contribution < -0.4 is 0 Å². The second-order valence-corrected chi connectivity index (χ2v) is 4.78. The van der Waals surface area contributed by atoms with Gasteiger partial charge in [0.2, 0.25) is 0 Å². The molecule has 0 saturated carbocycles. The lowest BCUT2D eigenvalue weighted by Crippen LogP contribution is -2.22. The monoisotopic (exact) mass is 260 g/mol. The third-order valence-electron chi connectivity index (χ3n) is 3.32. The maximum absolute atomic E-state index is 9.18. The number of rotatable bonds is 6. The lowest BCUT2D eigenvalue weighted by atomic mass is 9.97. The molecule has 1 aliphatic rings. The molecule has 0 unspecified atom stereocenters. The molecule has 19 heavy (non-hydrogen) atoms. The highest BCUT2D eigenvalue weighted by Crippen LogP contribution is 2.20. The first kappa shape index (κ1) is 14.0.